The molecular formula is C16H33NO3. The maximum absolute atomic E-state index is 10.5. The minimum Gasteiger partial charge on any atom is -0.389 e. The number of aliphatic hydroxyl groups excluding tert-OH is 1. The summed E-state index contributed by atoms with van der Waals surface area (Å²) in [6.07, 6.45) is 3.25. The zero-order chi connectivity index (χ0) is 15.4. The molecule has 0 bridgehead atoms. The predicted octanol–water partition coefficient (Wildman–Crippen LogP) is 2.08. The fourth-order valence-corrected chi connectivity index (χ4v) is 2.45. The summed E-state index contributed by atoms with van der Waals surface area (Å²) in [5.74, 6) is 0. The van der Waals surface area contributed by atoms with Crippen LogP contribution in [0.3, 0.4) is 0 Å². The number of ether oxygens (including phenoxy) is 1. The van der Waals surface area contributed by atoms with Gasteiger partial charge in [0.2, 0.25) is 0 Å². The molecule has 1 atom stereocenters. The molecule has 0 aromatic heterocycles. The van der Waals surface area contributed by atoms with E-state index in [4.69, 9.17) is 4.74 Å². The number of aliphatic hydroxyl groups is 2. The second kappa shape index (κ2) is 6.73. The molecule has 120 valence electrons. The SMILES string of the molecule is CC1(C)CCC(O)(CNCC(O)COC(C)(C)C)CC1. The van der Waals surface area contributed by atoms with Gasteiger partial charge in [-0.3, -0.25) is 0 Å². The first-order valence-corrected chi connectivity index (χ1v) is 7.77. The molecule has 1 saturated carbocycles. The van der Waals surface area contributed by atoms with E-state index in [0.29, 0.717) is 25.1 Å². The molecule has 1 aliphatic rings. The van der Waals surface area contributed by atoms with Crippen molar-refractivity contribution in [3.8, 4) is 0 Å². The summed E-state index contributed by atoms with van der Waals surface area (Å²) < 4.78 is 5.53. The van der Waals surface area contributed by atoms with Crippen LogP contribution in [0.2, 0.25) is 0 Å². The van der Waals surface area contributed by atoms with E-state index in [2.05, 4.69) is 19.2 Å². The van der Waals surface area contributed by atoms with Crippen molar-refractivity contribution < 1.29 is 14.9 Å². The minimum atomic E-state index is -0.611. The van der Waals surface area contributed by atoms with Crippen LogP contribution in [0.15, 0.2) is 0 Å². The summed E-state index contributed by atoms with van der Waals surface area (Å²) in [6.45, 7) is 11.8. The molecule has 4 nitrogen and oxygen atoms in total. The first kappa shape index (κ1) is 17.9. The molecule has 1 unspecified atom stereocenters. The molecule has 1 rings (SSSR count). The van der Waals surface area contributed by atoms with Gasteiger partial charge in [0.1, 0.15) is 0 Å². The lowest BCUT2D eigenvalue weighted by atomic mass is 9.71. The van der Waals surface area contributed by atoms with E-state index >= 15 is 0 Å². The van der Waals surface area contributed by atoms with E-state index in [1.807, 2.05) is 20.8 Å². The van der Waals surface area contributed by atoms with E-state index in [9.17, 15) is 10.2 Å². The maximum atomic E-state index is 10.5. The van der Waals surface area contributed by atoms with Gasteiger partial charge in [0.15, 0.2) is 0 Å². The quantitative estimate of drug-likeness (QED) is 0.700. The standard InChI is InChI=1S/C16H33NO3/c1-14(2,3)20-11-13(18)10-17-12-16(19)8-6-15(4,5)7-9-16/h13,17-19H,6-12H2,1-5H3. The van der Waals surface area contributed by atoms with Crippen molar-refractivity contribution in [3.63, 3.8) is 0 Å². The average Bonchev–Trinajstić information content (AvgIpc) is 2.30. The third-order valence-electron chi connectivity index (χ3n) is 4.08. The van der Waals surface area contributed by atoms with Crippen molar-refractivity contribution in [3.05, 3.63) is 0 Å². The van der Waals surface area contributed by atoms with Gasteiger partial charge in [0.25, 0.3) is 0 Å². The fourth-order valence-electron chi connectivity index (χ4n) is 2.45. The highest BCUT2D eigenvalue weighted by molar-refractivity contribution is 4.90. The maximum Gasteiger partial charge on any atom is 0.0897 e. The molecule has 1 fully saturated rings. The van der Waals surface area contributed by atoms with Crippen molar-refractivity contribution in [1.29, 1.82) is 0 Å². The zero-order valence-electron chi connectivity index (χ0n) is 13.8. The molecule has 0 aromatic rings. The zero-order valence-corrected chi connectivity index (χ0v) is 13.8. The lowest BCUT2D eigenvalue weighted by molar-refractivity contribution is -0.0526. The van der Waals surface area contributed by atoms with E-state index in [0.717, 1.165) is 25.7 Å². The highest BCUT2D eigenvalue weighted by atomic mass is 16.5. The second-order valence-electron chi connectivity index (χ2n) is 8.10. The third-order valence-corrected chi connectivity index (χ3v) is 4.08. The Kier molecular flexibility index (Phi) is 6.02. The average molecular weight is 287 g/mol. The summed E-state index contributed by atoms with van der Waals surface area (Å²) in [7, 11) is 0. The van der Waals surface area contributed by atoms with E-state index in [1.165, 1.54) is 0 Å². The van der Waals surface area contributed by atoms with Gasteiger partial charge in [0, 0.05) is 13.1 Å². The van der Waals surface area contributed by atoms with Crippen LogP contribution in [0.4, 0.5) is 0 Å². The first-order chi connectivity index (χ1) is 9.02. The molecule has 0 spiro atoms. The Morgan fingerprint density at radius 2 is 1.70 bits per heavy atom. The molecule has 0 amide bonds. The molecule has 0 aliphatic heterocycles. The first-order valence-electron chi connectivity index (χ1n) is 7.77. The van der Waals surface area contributed by atoms with Crippen LogP contribution in [0.5, 0.6) is 0 Å². The van der Waals surface area contributed by atoms with Crippen LogP contribution in [-0.4, -0.2) is 47.2 Å². The molecule has 0 radical (unpaired) electrons. The molecule has 0 heterocycles. The lowest BCUT2D eigenvalue weighted by Gasteiger charge is -2.40. The summed E-state index contributed by atoms with van der Waals surface area (Å²) in [5.41, 5.74) is -0.486. The van der Waals surface area contributed by atoms with Crippen LogP contribution >= 0.6 is 0 Å². The van der Waals surface area contributed by atoms with Crippen molar-refractivity contribution in [2.45, 2.75) is 77.6 Å². The van der Waals surface area contributed by atoms with Crippen LogP contribution in [0.1, 0.15) is 60.3 Å². The number of rotatable bonds is 6. The Bertz CT molecular complexity index is 287. The molecule has 3 N–H and O–H groups in total. The highest BCUT2D eigenvalue weighted by Gasteiger charge is 2.36. The Balaban J connectivity index is 2.20. The highest BCUT2D eigenvalue weighted by Crippen LogP contribution is 2.39. The molecule has 20 heavy (non-hydrogen) atoms. The Hall–Kier alpha value is -0.160. The predicted molar refractivity (Wildman–Crippen MR) is 81.8 cm³/mol. The minimum absolute atomic E-state index is 0.228. The largest absolute Gasteiger partial charge is 0.389 e. The van der Waals surface area contributed by atoms with Gasteiger partial charge in [0.05, 0.1) is 23.9 Å². The summed E-state index contributed by atoms with van der Waals surface area (Å²) in [5, 5.41) is 23.5. The normalized spacial score (nSPS) is 23.6. The Labute approximate surface area is 123 Å². The van der Waals surface area contributed by atoms with Crippen LogP contribution in [0, 0.1) is 5.41 Å². The molecular weight excluding hydrogens is 254 g/mol. The number of nitrogens with one attached hydrogen (secondary N) is 1. The number of hydrogen-bond acceptors (Lipinski definition) is 4. The molecule has 1 aliphatic carbocycles. The third kappa shape index (κ3) is 7.02. The summed E-state index contributed by atoms with van der Waals surface area (Å²) in [6, 6.07) is 0. The fraction of sp³-hybridized carbons (Fsp3) is 1.00. The van der Waals surface area contributed by atoms with Gasteiger partial charge in [-0.2, -0.15) is 0 Å². The smallest absolute Gasteiger partial charge is 0.0897 e. The van der Waals surface area contributed by atoms with Crippen molar-refractivity contribution in [1.82, 2.24) is 5.32 Å². The van der Waals surface area contributed by atoms with Gasteiger partial charge in [-0.15, -0.1) is 0 Å². The molecule has 0 saturated heterocycles. The van der Waals surface area contributed by atoms with Crippen LogP contribution in [-0.2, 0) is 4.74 Å². The van der Waals surface area contributed by atoms with Gasteiger partial charge in [-0.25, -0.2) is 0 Å². The van der Waals surface area contributed by atoms with Crippen molar-refractivity contribution >= 4 is 0 Å². The van der Waals surface area contributed by atoms with E-state index < -0.39 is 11.7 Å². The molecule has 0 aromatic carbocycles. The summed E-state index contributed by atoms with van der Waals surface area (Å²) >= 11 is 0. The number of hydrogen-bond donors (Lipinski definition) is 3. The Morgan fingerprint density at radius 3 is 2.20 bits per heavy atom. The van der Waals surface area contributed by atoms with Gasteiger partial charge >= 0.3 is 0 Å². The van der Waals surface area contributed by atoms with Crippen LogP contribution in [0.25, 0.3) is 0 Å². The van der Waals surface area contributed by atoms with Gasteiger partial charge in [-0.1, -0.05) is 13.8 Å². The topological polar surface area (TPSA) is 61.7 Å². The van der Waals surface area contributed by atoms with Crippen molar-refractivity contribution in [2.75, 3.05) is 19.7 Å². The van der Waals surface area contributed by atoms with Crippen molar-refractivity contribution in [2.24, 2.45) is 5.41 Å². The monoisotopic (exact) mass is 287 g/mol. The summed E-state index contributed by atoms with van der Waals surface area (Å²) in [4.78, 5) is 0. The van der Waals surface area contributed by atoms with Crippen LogP contribution < -0.4 is 5.32 Å². The second-order valence-corrected chi connectivity index (χ2v) is 8.10. The van der Waals surface area contributed by atoms with Gasteiger partial charge in [-0.05, 0) is 51.9 Å². The van der Waals surface area contributed by atoms with Gasteiger partial charge < -0.3 is 20.3 Å². The van der Waals surface area contributed by atoms with E-state index in [-0.39, 0.29) is 5.60 Å². The molecule has 4 heteroatoms. The Morgan fingerprint density at radius 1 is 1.15 bits per heavy atom. The van der Waals surface area contributed by atoms with E-state index in [1.54, 1.807) is 0 Å². The lowest BCUT2D eigenvalue weighted by Crippen LogP contribution is -2.47.